The predicted molar refractivity (Wildman–Crippen MR) is 94.6 cm³/mol. The minimum absolute atomic E-state index is 0.0325. The molecule has 1 atom stereocenters. The van der Waals surface area contributed by atoms with E-state index in [0.717, 1.165) is 18.7 Å². The molecule has 0 radical (unpaired) electrons. The zero-order valence-electron chi connectivity index (χ0n) is 13.7. The number of aliphatic hydroxyl groups excluding tert-OH is 1. The number of thiophene rings is 1. The third kappa shape index (κ3) is 3.77. The van der Waals surface area contributed by atoms with Crippen LogP contribution in [0.4, 0.5) is 0 Å². The molecule has 24 heavy (non-hydrogen) atoms. The molecule has 0 bridgehead atoms. The molecule has 0 saturated carbocycles. The van der Waals surface area contributed by atoms with Gasteiger partial charge in [0.25, 0.3) is 5.91 Å². The van der Waals surface area contributed by atoms with Crippen molar-refractivity contribution in [1.29, 1.82) is 0 Å². The van der Waals surface area contributed by atoms with Gasteiger partial charge in [-0.05, 0) is 17.0 Å². The van der Waals surface area contributed by atoms with E-state index in [1.54, 1.807) is 7.11 Å². The number of amides is 1. The molecule has 128 valence electrons. The molecular weight excluding hydrogens is 324 g/mol. The molecule has 1 N–H and O–H groups in total. The molecule has 2 heterocycles. The van der Waals surface area contributed by atoms with Gasteiger partial charge in [0, 0.05) is 32.7 Å². The van der Waals surface area contributed by atoms with Gasteiger partial charge in [-0.25, -0.2) is 0 Å². The monoisotopic (exact) mass is 346 g/mol. The Morgan fingerprint density at radius 1 is 1.21 bits per heavy atom. The summed E-state index contributed by atoms with van der Waals surface area (Å²) in [7, 11) is 1.59. The zero-order valence-corrected chi connectivity index (χ0v) is 14.5. The third-order valence-corrected chi connectivity index (χ3v) is 5.20. The molecule has 1 aromatic heterocycles. The van der Waals surface area contributed by atoms with Gasteiger partial charge in [0.15, 0.2) is 0 Å². The summed E-state index contributed by atoms with van der Waals surface area (Å²) in [6.45, 7) is 3.46. The number of rotatable bonds is 5. The van der Waals surface area contributed by atoms with Gasteiger partial charge in [-0.2, -0.15) is 0 Å². The van der Waals surface area contributed by atoms with Crippen LogP contribution < -0.4 is 4.74 Å². The minimum Gasteiger partial charge on any atom is -0.495 e. The molecule has 1 aliphatic rings. The second-order valence-electron chi connectivity index (χ2n) is 5.84. The summed E-state index contributed by atoms with van der Waals surface area (Å²) >= 11 is 1.41. The smallest absolute Gasteiger partial charge is 0.267 e. The lowest BCUT2D eigenvalue weighted by molar-refractivity contribution is 0.0529. The van der Waals surface area contributed by atoms with Crippen molar-refractivity contribution in [3.05, 3.63) is 52.2 Å². The number of carbonyl (C=O) groups is 1. The molecule has 1 saturated heterocycles. The summed E-state index contributed by atoms with van der Waals surface area (Å²) in [6.07, 6.45) is -0.495. The molecule has 3 rings (SSSR count). The summed E-state index contributed by atoms with van der Waals surface area (Å²) in [4.78, 5) is 17.3. The van der Waals surface area contributed by atoms with Gasteiger partial charge < -0.3 is 14.7 Å². The minimum atomic E-state index is -0.495. The fraction of sp³-hybridized carbons (Fsp3) is 0.389. The average Bonchev–Trinajstić information content (AvgIpc) is 3.11. The van der Waals surface area contributed by atoms with Crippen molar-refractivity contribution < 1.29 is 14.6 Å². The number of hydrogen-bond donors (Lipinski definition) is 1. The van der Waals surface area contributed by atoms with E-state index < -0.39 is 6.10 Å². The molecule has 1 unspecified atom stereocenters. The summed E-state index contributed by atoms with van der Waals surface area (Å²) in [5, 5.41) is 12.2. The number of β-amino-alcohol motifs (C(OH)–C–C–N with tert-alkyl or cyclic N) is 1. The molecule has 1 fully saturated rings. The number of hydrogen-bond acceptors (Lipinski definition) is 5. The number of methoxy groups -OCH3 is 1. The van der Waals surface area contributed by atoms with E-state index in [9.17, 15) is 9.90 Å². The normalized spacial score (nSPS) is 16.8. The highest BCUT2D eigenvalue weighted by Crippen LogP contribution is 2.26. The van der Waals surface area contributed by atoms with Crippen LogP contribution >= 0.6 is 11.3 Å². The molecule has 0 aliphatic carbocycles. The van der Waals surface area contributed by atoms with Crippen LogP contribution in [-0.4, -0.2) is 60.6 Å². The predicted octanol–water partition coefficient (Wildman–Crippen LogP) is 2.25. The Labute approximate surface area is 146 Å². The van der Waals surface area contributed by atoms with Crippen molar-refractivity contribution >= 4 is 17.2 Å². The van der Waals surface area contributed by atoms with Gasteiger partial charge >= 0.3 is 0 Å². The lowest BCUT2D eigenvalue weighted by atomic mass is 10.1. The highest BCUT2D eigenvalue weighted by molar-refractivity contribution is 7.12. The SMILES string of the molecule is COc1ccsc1C(=O)N1CCN(CC(O)c2ccccc2)CC1. The number of aliphatic hydroxyl groups is 1. The Hall–Kier alpha value is -1.89. The molecule has 6 heteroatoms. The molecule has 1 aliphatic heterocycles. The van der Waals surface area contributed by atoms with Gasteiger partial charge in [0.1, 0.15) is 10.6 Å². The first-order valence-electron chi connectivity index (χ1n) is 8.05. The van der Waals surface area contributed by atoms with E-state index in [1.165, 1.54) is 11.3 Å². The molecular formula is C18H22N2O3S. The Morgan fingerprint density at radius 3 is 2.58 bits per heavy atom. The number of ether oxygens (including phenoxy) is 1. The second kappa shape index (κ2) is 7.79. The number of nitrogens with zero attached hydrogens (tertiary/aromatic N) is 2. The maximum atomic E-state index is 12.6. The number of piperazine rings is 1. The fourth-order valence-corrected chi connectivity index (χ4v) is 3.74. The fourth-order valence-electron chi connectivity index (χ4n) is 2.92. The first kappa shape index (κ1) is 17.0. The Morgan fingerprint density at radius 2 is 1.92 bits per heavy atom. The summed E-state index contributed by atoms with van der Waals surface area (Å²) in [5.74, 6) is 0.678. The highest BCUT2D eigenvalue weighted by atomic mass is 32.1. The van der Waals surface area contributed by atoms with Crippen LogP contribution in [0.3, 0.4) is 0 Å². The summed E-state index contributed by atoms with van der Waals surface area (Å²) < 4.78 is 5.24. The standard InChI is InChI=1S/C18H22N2O3S/c1-23-16-7-12-24-17(16)18(22)20-10-8-19(9-11-20)13-15(21)14-5-3-2-4-6-14/h2-7,12,15,21H,8-11,13H2,1H3. The van der Waals surface area contributed by atoms with Crippen molar-refractivity contribution in [1.82, 2.24) is 9.80 Å². The first-order chi connectivity index (χ1) is 11.7. The Kier molecular flexibility index (Phi) is 5.50. The molecule has 1 aromatic carbocycles. The van der Waals surface area contributed by atoms with E-state index in [1.807, 2.05) is 46.7 Å². The topological polar surface area (TPSA) is 53.0 Å². The molecule has 2 aromatic rings. The van der Waals surface area contributed by atoms with Gasteiger partial charge in [0.05, 0.1) is 13.2 Å². The van der Waals surface area contributed by atoms with Crippen LogP contribution in [-0.2, 0) is 0 Å². The van der Waals surface area contributed by atoms with Crippen LogP contribution in [0.2, 0.25) is 0 Å². The van der Waals surface area contributed by atoms with Gasteiger partial charge in [-0.3, -0.25) is 9.69 Å². The van der Waals surface area contributed by atoms with Crippen molar-refractivity contribution in [3.8, 4) is 5.75 Å². The largest absolute Gasteiger partial charge is 0.495 e. The van der Waals surface area contributed by atoms with E-state index in [4.69, 9.17) is 4.74 Å². The van der Waals surface area contributed by atoms with Crippen LogP contribution in [0, 0.1) is 0 Å². The maximum absolute atomic E-state index is 12.6. The van der Waals surface area contributed by atoms with Crippen molar-refractivity contribution in [2.24, 2.45) is 0 Å². The lowest BCUT2D eigenvalue weighted by Gasteiger charge is -2.35. The quantitative estimate of drug-likeness (QED) is 0.902. The molecule has 5 nitrogen and oxygen atoms in total. The summed E-state index contributed by atoms with van der Waals surface area (Å²) in [5.41, 5.74) is 0.930. The van der Waals surface area contributed by atoms with Crippen molar-refractivity contribution in [3.63, 3.8) is 0 Å². The van der Waals surface area contributed by atoms with Crippen LogP contribution in [0.15, 0.2) is 41.8 Å². The van der Waals surface area contributed by atoms with E-state index in [-0.39, 0.29) is 5.91 Å². The van der Waals surface area contributed by atoms with E-state index >= 15 is 0 Å². The van der Waals surface area contributed by atoms with Gasteiger partial charge in [-0.1, -0.05) is 30.3 Å². The summed E-state index contributed by atoms with van der Waals surface area (Å²) in [6, 6.07) is 11.5. The van der Waals surface area contributed by atoms with Crippen molar-refractivity contribution in [2.75, 3.05) is 39.8 Å². The number of benzene rings is 1. The molecule has 0 spiro atoms. The third-order valence-electron chi connectivity index (χ3n) is 4.32. The Balaban J connectivity index is 1.53. The lowest BCUT2D eigenvalue weighted by Crippen LogP contribution is -2.49. The van der Waals surface area contributed by atoms with Crippen LogP contribution in [0.25, 0.3) is 0 Å². The molecule has 1 amide bonds. The van der Waals surface area contributed by atoms with Gasteiger partial charge in [0.2, 0.25) is 0 Å². The second-order valence-corrected chi connectivity index (χ2v) is 6.75. The van der Waals surface area contributed by atoms with Crippen molar-refractivity contribution in [2.45, 2.75) is 6.10 Å². The Bertz CT molecular complexity index is 666. The first-order valence-corrected chi connectivity index (χ1v) is 8.93. The van der Waals surface area contributed by atoms with Crippen LogP contribution in [0.5, 0.6) is 5.75 Å². The highest BCUT2D eigenvalue weighted by Gasteiger charge is 2.26. The van der Waals surface area contributed by atoms with Gasteiger partial charge in [-0.15, -0.1) is 11.3 Å². The van der Waals surface area contributed by atoms with Crippen LogP contribution in [0.1, 0.15) is 21.3 Å². The zero-order chi connectivity index (χ0) is 16.9. The average molecular weight is 346 g/mol. The van der Waals surface area contributed by atoms with E-state index in [2.05, 4.69) is 4.90 Å². The maximum Gasteiger partial charge on any atom is 0.267 e. The number of carbonyl (C=O) groups excluding carboxylic acids is 1. The van der Waals surface area contributed by atoms with E-state index in [0.29, 0.717) is 30.3 Å².